The molecule has 7 nitrogen and oxygen atoms in total. The molecule has 3 N–H and O–H groups in total. The van der Waals surface area contributed by atoms with Gasteiger partial charge in [-0.25, -0.2) is 0 Å². The van der Waals surface area contributed by atoms with E-state index in [0.29, 0.717) is 0 Å². The minimum Gasteiger partial charge on any atom is -0.469 e. The number of anilines is 1. The Bertz CT molecular complexity index is 1050. The number of hydrogen-bond acceptors (Lipinski definition) is 5. The summed E-state index contributed by atoms with van der Waals surface area (Å²) in [5, 5.41) is 7.59. The molecule has 0 unspecified atom stereocenters. The molecule has 0 aromatic heterocycles. The minimum absolute atomic E-state index is 0. The van der Waals surface area contributed by atoms with E-state index in [-0.39, 0.29) is 48.0 Å². The fourth-order valence-corrected chi connectivity index (χ4v) is 5.83. The number of carbonyl (C=O) groups is 2. The number of amides is 1. The Morgan fingerprint density at radius 3 is 2.16 bits per heavy atom. The number of hydrogen-bond donors (Lipinski definition) is 2. The van der Waals surface area contributed by atoms with Crippen LogP contribution in [0.1, 0.15) is 56.1 Å². The fraction of sp³-hybridized carbons (Fsp3) is 0.500. The second-order valence-electron chi connectivity index (χ2n) is 10.4. The van der Waals surface area contributed by atoms with Gasteiger partial charge < -0.3 is 20.3 Å². The van der Waals surface area contributed by atoms with Crippen molar-refractivity contribution < 1.29 is 14.3 Å². The molecule has 1 heterocycles. The molecule has 0 bridgehead atoms. The van der Waals surface area contributed by atoms with Crippen molar-refractivity contribution in [3.8, 4) is 0 Å². The van der Waals surface area contributed by atoms with Crippen LogP contribution in [0.2, 0.25) is 0 Å². The van der Waals surface area contributed by atoms with Crippen LogP contribution in [0.3, 0.4) is 0 Å². The number of methoxy groups -OCH3 is 1. The fourth-order valence-electron chi connectivity index (χ4n) is 5.83. The van der Waals surface area contributed by atoms with E-state index < -0.39 is 0 Å². The maximum absolute atomic E-state index is 13.9. The highest BCUT2D eigenvalue weighted by Gasteiger charge is 2.35. The van der Waals surface area contributed by atoms with Gasteiger partial charge in [0.2, 0.25) is 5.91 Å². The number of amidine groups is 1. The van der Waals surface area contributed by atoms with Crippen molar-refractivity contribution in [2.75, 3.05) is 31.6 Å². The molecule has 1 saturated carbocycles. The second-order valence-corrected chi connectivity index (χ2v) is 10.4. The lowest BCUT2D eigenvalue weighted by Gasteiger charge is -2.40. The highest BCUT2D eigenvalue weighted by atomic mass is 35.5. The number of nitrogens with zero attached hydrogens (tertiary/aromatic N) is 2. The number of benzene rings is 2. The number of rotatable bonds is 9. The maximum atomic E-state index is 13.9. The number of halogens is 1. The predicted octanol–water partition coefficient (Wildman–Crippen LogP) is 4.80. The van der Waals surface area contributed by atoms with E-state index in [1.54, 1.807) is 0 Å². The molecule has 1 saturated heterocycles. The zero-order valence-corrected chi connectivity index (χ0v) is 23.1. The molecule has 1 amide bonds. The van der Waals surface area contributed by atoms with Crippen LogP contribution in [-0.4, -0.2) is 55.4 Å². The smallest absolute Gasteiger partial charge is 0.308 e. The first-order valence-corrected chi connectivity index (χ1v) is 13.6. The maximum Gasteiger partial charge on any atom is 0.308 e. The number of nitrogens with two attached hydrogens (primary N) is 1. The largest absolute Gasteiger partial charge is 0.469 e. The Labute approximate surface area is 232 Å². The normalized spacial score (nSPS) is 19.8. The molecule has 2 aromatic rings. The first-order valence-electron chi connectivity index (χ1n) is 13.6. The van der Waals surface area contributed by atoms with Crippen molar-refractivity contribution in [2.24, 2.45) is 17.6 Å². The monoisotopic (exact) mass is 540 g/mol. The molecule has 2 aromatic carbocycles. The summed E-state index contributed by atoms with van der Waals surface area (Å²) in [4.78, 5) is 30.3. The third kappa shape index (κ3) is 7.50. The summed E-state index contributed by atoms with van der Waals surface area (Å²) in [6.45, 7) is 2.43. The quantitative estimate of drug-likeness (QED) is 0.270. The molecule has 0 spiro atoms. The van der Waals surface area contributed by atoms with E-state index >= 15 is 0 Å². The van der Waals surface area contributed by atoms with Crippen LogP contribution in [0.5, 0.6) is 0 Å². The van der Waals surface area contributed by atoms with E-state index in [1.807, 2.05) is 30.3 Å². The van der Waals surface area contributed by atoms with Gasteiger partial charge in [0, 0.05) is 42.8 Å². The van der Waals surface area contributed by atoms with Crippen LogP contribution in [0.25, 0.3) is 0 Å². The number of nitrogen functional groups attached to an aromatic ring is 1. The number of esters is 1. The molecular weight excluding hydrogens is 500 g/mol. The molecule has 2 fully saturated rings. The lowest BCUT2D eigenvalue weighted by atomic mass is 9.84. The average Bonchev–Trinajstić information content (AvgIpc) is 2.95. The molecular formula is C30H41ClN4O3. The number of ether oxygens (including phenoxy) is 1. The molecule has 4 rings (SSSR count). The van der Waals surface area contributed by atoms with Crippen molar-refractivity contribution >= 4 is 35.8 Å². The van der Waals surface area contributed by atoms with Crippen LogP contribution in [-0.2, 0) is 20.7 Å². The Balaban J connectivity index is 0.00000400. The summed E-state index contributed by atoms with van der Waals surface area (Å²) >= 11 is 0. The van der Waals surface area contributed by atoms with Gasteiger partial charge in [0.25, 0.3) is 0 Å². The predicted molar refractivity (Wildman–Crippen MR) is 154 cm³/mol. The third-order valence-electron chi connectivity index (χ3n) is 8.05. The van der Waals surface area contributed by atoms with Gasteiger partial charge >= 0.3 is 5.97 Å². The highest BCUT2D eigenvalue weighted by molar-refractivity contribution is 5.95. The standard InChI is InChI=1S/C30H40N4O3.ClH/c1-37-30(36)25-11-15-27(16-12-25)34(19-5-8-22-6-3-2-4-7-22)29(35)24-17-20-33(21-18-24)26-13-9-23(10-14-26)28(31)32;/h2-4,6-7,9-10,13-14,24-25,27H,5,8,11-12,15-21H2,1H3,(H3,31,32);1H/t25-,27-;. The molecule has 8 heteroatoms. The lowest BCUT2D eigenvalue weighted by molar-refractivity contribution is -0.147. The van der Waals surface area contributed by atoms with Crippen LogP contribution >= 0.6 is 12.4 Å². The number of aryl methyl sites for hydroxylation is 1. The van der Waals surface area contributed by atoms with Gasteiger partial charge in [-0.2, -0.15) is 0 Å². The SMILES string of the molecule is COC(=O)[C@H]1CC[C@H](N(CCCc2ccccc2)C(=O)C2CCN(c3ccc(C(=N)N)cc3)CC2)CC1.Cl. The van der Waals surface area contributed by atoms with Crippen molar-refractivity contribution in [3.05, 3.63) is 65.7 Å². The molecule has 1 aliphatic heterocycles. The summed E-state index contributed by atoms with van der Waals surface area (Å²) in [5.41, 5.74) is 8.72. The van der Waals surface area contributed by atoms with E-state index in [9.17, 15) is 9.59 Å². The van der Waals surface area contributed by atoms with Gasteiger partial charge in [0.15, 0.2) is 0 Å². The molecule has 1 aliphatic carbocycles. The van der Waals surface area contributed by atoms with E-state index in [0.717, 1.165) is 82.3 Å². The Kier molecular flexibility index (Phi) is 11.0. The summed E-state index contributed by atoms with van der Waals surface area (Å²) < 4.78 is 4.97. The Morgan fingerprint density at radius 1 is 0.947 bits per heavy atom. The van der Waals surface area contributed by atoms with Gasteiger partial charge in [-0.1, -0.05) is 30.3 Å². The van der Waals surface area contributed by atoms with E-state index in [4.69, 9.17) is 15.9 Å². The third-order valence-corrected chi connectivity index (χ3v) is 8.05. The highest BCUT2D eigenvalue weighted by Crippen LogP contribution is 2.32. The average molecular weight is 541 g/mol. The van der Waals surface area contributed by atoms with E-state index in [1.165, 1.54) is 12.7 Å². The summed E-state index contributed by atoms with van der Waals surface area (Å²) in [6, 6.07) is 18.4. The van der Waals surface area contributed by atoms with Gasteiger partial charge in [-0.15, -0.1) is 12.4 Å². The van der Waals surface area contributed by atoms with Gasteiger partial charge in [-0.3, -0.25) is 15.0 Å². The van der Waals surface area contributed by atoms with E-state index in [2.05, 4.69) is 34.1 Å². The van der Waals surface area contributed by atoms with Crippen molar-refractivity contribution in [2.45, 2.75) is 57.4 Å². The number of piperidine rings is 1. The number of carbonyl (C=O) groups excluding carboxylic acids is 2. The molecule has 0 atom stereocenters. The zero-order valence-electron chi connectivity index (χ0n) is 22.3. The lowest BCUT2D eigenvalue weighted by Crippen LogP contribution is -2.48. The minimum atomic E-state index is -0.121. The van der Waals surface area contributed by atoms with Gasteiger partial charge in [-0.05, 0) is 81.2 Å². The first-order chi connectivity index (χ1) is 18.0. The van der Waals surface area contributed by atoms with Gasteiger partial charge in [0.1, 0.15) is 5.84 Å². The summed E-state index contributed by atoms with van der Waals surface area (Å²) in [7, 11) is 1.46. The molecule has 0 radical (unpaired) electrons. The van der Waals surface area contributed by atoms with Crippen LogP contribution in [0, 0.1) is 17.2 Å². The first kappa shape index (κ1) is 29.5. The van der Waals surface area contributed by atoms with Crippen LogP contribution in [0.15, 0.2) is 54.6 Å². The van der Waals surface area contributed by atoms with Crippen molar-refractivity contribution in [1.29, 1.82) is 5.41 Å². The van der Waals surface area contributed by atoms with Crippen LogP contribution < -0.4 is 10.6 Å². The topological polar surface area (TPSA) is 99.7 Å². The second kappa shape index (κ2) is 14.2. The molecule has 206 valence electrons. The van der Waals surface area contributed by atoms with Crippen molar-refractivity contribution in [3.63, 3.8) is 0 Å². The summed E-state index contributed by atoms with van der Waals surface area (Å²) in [5.74, 6) is 0.219. The number of nitrogens with one attached hydrogen (secondary N) is 1. The molecule has 38 heavy (non-hydrogen) atoms. The Morgan fingerprint density at radius 2 is 1.58 bits per heavy atom. The zero-order chi connectivity index (χ0) is 26.2. The van der Waals surface area contributed by atoms with Crippen LogP contribution in [0.4, 0.5) is 5.69 Å². The summed E-state index contributed by atoms with van der Waals surface area (Å²) in [6.07, 6.45) is 6.85. The molecule has 2 aliphatic rings. The van der Waals surface area contributed by atoms with Gasteiger partial charge in [0.05, 0.1) is 13.0 Å². The Hall–Kier alpha value is -3.06. The van der Waals surface area contributed by atoms with Crippen molar-refractivity contribution in [1.82, 2.24) is 4.90 Å².